The lowest BCUT2D eigenvalue weighted by molar-refractivity contribution is -0.384. The number of para-hydroxylation sites is 2. The van der Waals surface area contributed by atoms with Crippen LogP contribution >= 0.6 is 0 Å². The summed E-state index contributed by atoms with van der Waals surface area (Å²) in [5.74, 6) is 0.635. The summed E-state index contributed by atoms with van der Waals surface area (Å²) >= 11 is 0. The molecule has 0 bridgehead atoms. The molecule has 0 spiro atoms. The minimum Gasteiger partial charge on any atom is -0.495 e. The average molecular weight is 314 g/mol. The van der Waals surface area contributed by atoms with E-state index < -0.39 is 4.92 Å². The Morgan fingerprint density at radius 1 is 1.26 bits per heavy atom. The van der Waals surface area contributed by atoms with Crippen molar-refractivity contribution in [3.8, 4) is 5.75 Å². The van der Waals surface area contributed by atoms with Crippen LogP contribution in [-0.4, -0.2) is 17.8 Å². The van der Waals surface area contributed by atoms with Crippen molar-refractivity contribution >= 4 is 17.2 Å². The van der Waals surface area contributed by atoms with E-state index in [0.717, 1.165) is 5.69 Å². The number of rotatable bonds is 7. The van der Waals surface area contributed by atoms with Crippen molar-refractivity contribution in [2.24, 2.45) is 0 Å². The van der Waals surface area contributed by atoms with Gasteiger partial charge in [-0.25, -0.2) is 0 Å². The molecule has 2 aromatic rings. The highest BCUT2D eigenvalue weighted by molar-refractivity contribution is 5.77. The van der Waals surface area contributed by atoms with E-state index in [9.17, 15) is 14.9 Å². The van der Waals surface area contributed by atoms with Gasteiger partial charge >= 0.3 is 0 Å². The summed E-state index contributed by atoms with van der Waals surface area (Å²) in [4.78, 5) is 22.1. The number of nitro benzene ring substituents is 1. The zero-order valence-corrected chi connectivity index (χ0v) is 13.0. The molecule has 120 valence electrons. The number of Topliss-reactive ketones (excluding diaryl/α,β-unsaturated/α-hetero) is 1. The molecule has 23 heavy (non-hydrogen) atoms. The molecule has 0 aliphatic rings. The van der Waals surface area contributed by atoms with Gasteiger partial charge in [0.15, 0.2) is 0 Å². The predicted octanol–water partition coefficient (Wildman–Crippen LogP) is 3.74. The fraction of sp³-hybridized carbons (Fsp3) is 0.235. The average Bonchev–Trinajstić information content (AvgIpc) is 2.54. The van der Waals surface area contributed by atoms with Gasteiger partial charge in [0.25, 0.3) is 5.69 Å². The molecule has 0 fully saturated rings. The molecule has 6 heteroatoms. The standard InChI is InChI=1S/C17H18N2O4/c1-12(20)10-16(13-6-5-7-14(11-13)19(21)22)18-15-8-3-4-9-17(15)23-2/h3-9,11,16,18H,10H2,1-2H3/t16-/m1/s1. The molecule has 0 heterocycles. The predicted molar refractivity (Wildman–Crippen MR) is 87.8 cm³/mol. The van der Waals surface area contributed by atoms with Gasteiger partial charge in [-0.05, 0) is 24.6 Å². The fourth-order valence-electron chi connectivity index (χ4n) is 2.35. The van der Waals surface area contributed by atoms with E-state index in [-0.39, 0.29) is 23.9 Å². The minimum atomic E-state index is -0.447. The summed E-state index contributed by atoms with van der Waals surface area (Å²) in [6, 6.07) is 13.3. The molecule has 0 aliphatic heterocycles. The summed E-state index contributed by atoms with van der Waals surface area (Å²) in [5, 5.41) is 14.2. The molecule has 0 amide bonds. The number of nitrogens with zero attached hydrogens (tertiary/aromatic N) is 1. The van der Waals surface area contributed by atoms with Crippen molar-refractivity contribution in [3.05, 3.63) is 64.2 Å². The number of anilines is 1. The molecular weight excluding hydrogens is 296 g/mol. The van der Waals surface area contributed by atoms with Crippen LogP contribution in [0.3, 0.4) is 0 Å². The van der Waals surface area contributed by atoms with Crippen LogP contribution in [0.5, 0.6) is 5.75 Å². The lowest BCUT2D eigenvalue weighted by Gasteiger charge is -2.20. The monoisotopic (exact) mass is 314 g/mol. The summed E-state index contributed by atoms with van der Waals surface area (Å²) in [6.07, 6.45) is 0.221. The van der Waals surface area contributed by atoms with E-state index in [1.54, 1.807) is 25.3 Å². The zero-order chi connectivity index (χ0) is 16.8. The number of non-ortho nitro benzene ring substituents is 1. The lowest BCUT2D eigenvalue weighted by Crippen LogP contribution is -2.15. The Morgan fingerprint density at radius 2 is 2.00 bits per heavy atom. The second kappa shape index (κ2) is 7.40. The second-order valence-electron chi connectivity index (χ2n) is 5.16. The molecule has 0 saturated heterocycles. The number of ether oxygens (including phenoxy) is 1. The van der Waals surface area contributed by atoms with Crippen molar-refractivity contribution in [2.45, 2.75) is 19.4 Å². The maximum absolute atomic E-state index is 11.6. The van der Waals surface area contributed by atoms with E-state index in [0.29, 0.717) is 11.3 Å². The lowest BCUT2D eigenvalue weighted by atomic mass is 10.0. The van der Waals surface area contributed by atoms with Crippen LogP contribution in [0.2, 0.25) is 0 Å². The van der Waals surface area contributed by atoms with Gasteiger partial charge in [0.05, 0.1) is 23.8 Å². The number of nitrogens with one attached hydrogen (secondary N) is 1. The molecule has 0 saturated carbocycles. The molecule has 2 aromatic carbocycles. The third-order valence-electron chi connectivity index (χ3n) is 3.41. The summed E-state index contributed by atoms with van der Waals surface area (Å²) in [7, 11) is 1.56. The van der Waals surface area contributed by atoms with Gasteiger partial charge in [-0.2, -0.15) is 0 Å². The summed E-state index contributed by atoms with van der Waals surface area (Å²) in [5.41, 5.74) is 1.41. The van der Waals surface area contributed by atoms with Crippen molar-refractivity contribution in [2.75, 3.05) is 12.4 Å². The quantitative estimate of drug-likeness (QED) is 0.622. The summed E-state index contributed by atoms with van der Waals surface area (Å²) in [6.45, 7) is 1.49. The maximum atomic E-state index is 11.6. The minimum absolute atomic E-state index is 0.00196. The highest BCUT2D eigenvalue weighted by Crippen LogP contribution is 2.30. The number of hydrogen-bond acceptors (Lipinski definition) is 5. The number of carbonyl (C=O) groups is 1. The Balaban J connectivity index is 2.35. The Kier molecular flexibility index (Phi) is 5.30. The Hall–Kier alpha value is -2.89. The van der Waals surface area contributed by atoms with Crippen LogP contribution in [-0.2, 0) is 4.79 Å². The molecular formula is C17H18N2O4. The highest BCUT2D eigenvalue weighted by atomic mass is 16.6. The van der Waals surface area contributed by atoms with Crippen molar-refractivity contribution in [1.29, 1.82) is 0 Å². The van der Waals surface area contributed by atoms with Gasteiger partial charge in [-0.15, -0.1) is 0 Å². The number of carbonyl (C=O) groups excluding carboxylic acids is 1. The van der Waals surface area contributed by atoms with Gasteiger partial charge in [0, 0.05) is 18.6 Å². The first-order valence-corrected chi connectivity index (χ1v) is 7.14. The van der Waals surface area contributed by atoms with E-state index in [4.69, 9.17) is 4.74 Å². The summed E-state index contributed by atoms with van der Waals surface area (Å²) < 4.78 is 5.29. The second-order valence-corrected chi connectivity index (χ2v) is 5.16. The fourth-order valence-corrected chi connectivity index (χ4v) is 2.35. The highest BCUT2D eigenvalue weighted by Gasteiger charge is 2.18. The van der Waals surface area contributed by atoms with E-state index >= 15 is 0 Å². The van der Waals surface area contributed by atoms with Crippen LogP contribution in [0, 0.1) is 10.1 Å². The first kappa shape index (κ1) is 16.5. The Morgan fingerprint density at radius 3 is 2.65 bits per heavy atom. The van der Waals surface area contributed by atoms with Gasteiger partial charge in [-0.3, -0.25) is 14.9 Å². The van der Waals surface area contributed by atoms with E-state index in [1.807, 2.05) is 18.2 Å². The van der Waals surface area contributed by atoms with Crippen molar-refractivity contribution < 1.29 is 14.5 Å². The van der Waals surface area contributed by atoms with Gasteiger partial charge in [0.2, 0.25) is 0 Å². The first-order valence-electron chi connectivity index (χ1n) is 7.14. The zero-order valence-electron chi connectivity index (χ0n) is 13.0. The number of methoxy groups -OCH3 is 1. The van der Waals surface area contributed by atoms with Gasteiger partial charge < -0.3 is 10.1 Å². The first-order chi connectivity index (χ1) is 11.0. The number of nitro groups is 1. The molecule has 1 atom stereocenters. The van der Waals surface area contributed by atoms with Crippen LogP contribution in [0.4, 0.5) is 11.4 Å². The third kappa shape index (κ3) is 4.29. The maximum Gasteiger partial charge on any atom is 0.269 e. The van der Waals surface area contributed by atoms with E-state index in [1.165, 1.54) is 19.1 Å². The molecule has 6 nitrogen and oxygen atoms in total. The van der Waals surface area contributed by atoms with Crippen LogP contribution < -0.4 is 10.1 Å². The molecule has 0 radical (unpaired) electrons. The number of hydrogen-bond donors (Lipinski definition) is 1. The van der Waals surface area contributed by atoms with E-state index in [2.05, 4.69) is 5.32 Å². The Bertz CT molecular complexity index is 715. The molecule has 0 aromatic heterocycles. The molecule has 1 N–H and O–H groups in total. The SMILES string of the molecule is COc1ccccc1N[C@H](CC(C)=O)c1cccc([N+](=O)[O-])c1. The van der Waals surface area contributed by atoms with Gasteiger partial charge in [0.1, 0.15) is 11.5 Å². The molecule has 0 unspecified atom stereocenters. The van der Waals surface area contributed by atoms with Crippen LogP contribution in [0.15, 0.2) is 48.5 Å². The molecule has 2 rings (SSSR count). The largest absolute Gasteiger partial charge is 0.495 e. The van der Waals surface area contributed by atoms with Crippen LogP contribution in [0.25, 0.3) is 0 Å². The topological polar surface area (TPSA) is 81.5 Å². The molecule has 0 aliphatic carbocycles. The van der Waals surface area contributed by atoms with Crippen molar-refractivity contribution in [3.63, 3.8) is 0 Å². The van der Waals surface area contributed by atoms with Crippen LogP contribution in [0.1, 0.15) is 24.9 Å². The number of ketones is 1. The van der Waals surface area contributed by atoms with Gasteiger partial charge in [-0.1, -0.05) is 24.3 Å². The smallest absolute Gasteiger partial charge is 0.269 e. The van der Waals surface area contributed by atoms with Crippen molar-refractivity contribution in [1.82, 2.24) is 0 Å². The number of benzene rings is 2. The normalized spacial score (nSPS) is 11.6. The third-order valence-corrected chi connectivity index (χ3v) is 3.41. The Labute approximate surface area is 134 Å².